The van der Waals surface area contributed by atoms with E-state index in [-0.39, 0.29) is 5.41 Å². The van der Waals surface area contributed by atoms with Gasteiger partial charge in [-0.15, -0.1) is 0 Å². The summed E-state index contributed by atoms with van der Waals surface area (Å²) in [6.45, 7) is 6.39. The van der Waals surface area contributed by atoms with Gasteiger partial charge in [0.15, 0.2) is 6.29 Å². The molecule has 15 heavy (non-hydrogen) atoms. The molecule has 0 radical (unpaired) electrons. The fourth-order valence-corrected chi connectivity index (χ4v) is 1.34. The maximum Gasteiger partial charge on any atom is 0.153 e. The molecular formula is C13H16O2. The molecule has 0 fully saturated rings. The molecule has 2 nitrogen and oxygen atoms in total. The Hall–Kier alpha value is -1.57. The summed E-state index contributed by atoms with van der Waals surface area (Å²) in [6.07, 6.45) is 1.48. The second-order valence-electron chi connectivity index (χ2n) is 4.53. The Labute approximate surface area is 90.3 Å². The van der Waals surface area contributed by atoms with Crippen LogP contribution in [0.15, 0.2) is 30.5 Å². The molecule has 0 saturated carbocycles. The lowest BCUT2D eigenvalue weighted by atomic mass is 9.86. The van der Waals surface area contributed by atoms with Crippen LogP contribution >= 0.6 is 0 Å². The molecule has 0 unspecified atom stereocenters. The van der Waals surface area contributed by atoms with Crippen LogP contribution in [0, 0.1) is 0 Å². The zero-order chi connectivity index (χ0) is 11.5. The topological polar surface area (TPSA) is 37.3 Å². The van der Waals surface area contributed by atoms with Gasteiger partial charge >= 0.3 is 0 Å². The van der Waals surface area contributed by atoms with Crippen molar-refractivity contribution < 1.29 is 9.90 Å². The number of benzene rings is 1. The number of hydrogen-bond acceptors (Lipinski definition) is 2. The van der Waals surface area contributed by atoms with Gasteiger partial charge in [0.2, 0.25) is 0 Å². The number of aliphatic hydroxyl groups excluding tert-OH is 1. The van der Waals surface area contributed by atoms with Gasteiger partial charge in [0, 0.05) is 0 Å². The van der Waals surface area contributed by atoms with Crippen LogP contribution in [0.25, 0.3) is 5.57 Å². The van der Waals surface area contributed by atoms with Gasteiger partial charge in [-0.25, -0.2) is 0 Å². The number of hydrogen-bond donors (Lipinski definition) is 1. The van der Waals surface area contributed by atoms with Crippen LogP contribution in [0.2, 0.25) is 0 Å². The van der Waals surface area contributed by atoms with Crippen LogP contribution in [0.3, 0.4) is 0 Å². The largest absolute Gasteiger partial charge is 0.515 e. The van der Waals surface area contributed by atoms with Crippen molar-refractivity contribution in [2.24, 2.45) is 0 Å². The summed E-state index contributed by atoms with van der Waals surface area (Å²) in [5, 5.41) is 8.82. The minimum Gasteiger partial charge on any atom is -0.515 e. The Morgan fingerprint density at radius 1 is 1.20 bits per heavy atom. The Morgan fingerprint density at radius 3 is 2.07 bits per heavy atom. The second kappa shape index (κ2) is 4.30. The maximum absolute atomic E-state index is 10.6. The first-order valence-electron chi connectivity index (χ1n) is 4.89. The van der Waals surface area contributed by atoms with E-state index in [0.29, 0.717) is 11.9 Å². The molecule has 2 heteroatoms. The highest BCUT2D eigenvalue weighted by Gasteiger charge is 2.13. The van der Waals surface area contributed by atoms with E-state index in [1.807, 2.05) is 24.3 Å². The van der Waals surface area contributed by atoms with E-state index in [0.717, 1.165) is 11.8 Å². The van der Waals surface area contributed by atoms with Gasteiger partial charge in [-0.3, -0.25) is 4.79 Å². The highest BCUT2D eigenvalue weighted by molar-refractivity contribution is 6.06. The Morgan fingerprint density at radius 2 is 1.73 bits per heavy atom. The minimum atomic E-state index is 0.100. The van der Waals surface area contributed by atoms with Crippen molar-refractivity contribution in [3.05, 3.63) is 41.7 Å². The van der Waals surface area contributed by atoms with E-state index in [4.69, 9.17) is 5.11 Å². The molecule has 0 heterocycles. The summed E-state index contributed by atoms with van der Waals surface area (Å²) in [6, 6.07) is 7.64. The molecule has 0 spiro atoms. The van der Waals surface area contributed by atoms with Gasteiger partial charge < -0.3 is 5.11 Å². The summed E-state index contributed by atoms with van der Waals surface area (Å²) < 4.78 is 0. The molecule has 80 valence electrons. The quantitative estimate of drug-likeness (QED) is 0.456. The van der Waals surface area contributed by atoms with Crippen LogP contribution in [-0.4, -0.2) is 11.4 Å². The molecule has 0 aliphatic rings. The lowest BCUT2D eigenvalue weighted by molar-refractivity contribution is -0.103. The van der Waals surface area contributed by atoms with E-state index < -0.39 is 0 Å². The minimum absolute atomic E-state index is 0.100. The van der Waals surface area contributed by atoms with Crippen molar-refractivity contribution in [3.63, 3.8) is 0 Å². The van der Waals surface area contributed by atoms with Crippen molar-refractivity contribution in [1.29, 1.82) is 0 Å². The Bertz CT molecular complexity index is 367. The smallest absolute Gasteiger partial charge is 0.153 e. The van der Waals surface area contributed by atoms with E-state index in [1.54, 1.807) is 0 Å². The van der Waals surface area contributed by atoms with Crippen molar-refractivity contribution in [1.82, 2.24) is 0 Å². The molecule has 0 bridgehead atoms. The van der Waals surface area contributed by atoms with Gasteiger partial charge in [0.1, 0.15) is 0 Å². The summed E-state index contributed by atoms with van der Waals surface area (Å²) in [4.78, 5) is 10.6. The summed E-state index contributed by atoms with van der Waals surface area (Å²) in [7, 11) is 0. The lowest BCUT2D eigenvalue weighted by Gasteiger charge is -2.19. The van der Waals surface area contributed by atoms with E-state index in [1.165, 1.54) is 5.56 Å². The molecule has 0 amide bonds. The lowest BCUT2D eigenvalue weighted by Crippen LogP contribution is -2.10. The average Bonchev–Trinajstić information content (AvgIpc) is 2.19. The molecule has 0 saturated heterocycles. The number of aliphatic hydroxyl groups is 1. The highest BCUT2D eigenvalue weighted by atomic mass is 16.2. The summed E-state index contributed by atoms with van der Waals surface area (Å²) in [5.41, 5.74) is 2.34. The maximum atomic E-state index is 10.6. The number of carbonyl (C=O) groups excluding carboxylic acids is 1. The SMILES string of the molecule is CC(C)(C)c1ccc(/C(C=O)=C/O)cc1. The third-order valence-corrected chi connectivity index (χ3v) is 2.35. The second-order valence-corrected chi connectivity index (χ2v) is 4.53. The van der Waals surface area contributed by atoms with E-state index in [9.17, 15) is 4.79 Å². The first kappa shape index (κ1) is 11.5. The number of rotatable bonds is 2. The number of carbonyl (C=O) groups is 1. The molecule has 0 atom stereocenters. The van der Waals surface area contributed by atoms with Crippen molar-refractivity contribution in [3.8, 4) is 0 Å². The summed E-state index contributed by atoms with van der Waals surface area (Å²) >= 11 is 0. The first-order valence-corrected chi connectivity index (χ1v) is 4.89. The van der Waals surface area contributed by atoms with Crippen LogP contribution < -0.4 is 0 Å². The molecule has 1 rings (SSSR count). The third-order valence-electron chi connectivity index (χ3n) is 2.35. The standard InChI is InChI=1S/C13H16O2/c1-13(2,3)12-6-4-10(5-7-12)11(8-14)9-15/h4-9,14H,1-3H3/b11-8+. The summed E-state index contributed by atoms with van der Waals surface area (Å²) in [5.74, 6) is 0. The number of allylic oxidation sites excluding steroid dienone is 1. The fourth-order valence-electron chi connectivity index (χ4n) is 1.34. The van der Waals surface area contributed by atoms with Crippen molar-refractivity contribution in [2.45, 2.75) is 26.2 Å². The van der Waals surface area contributed by atoms with Gasteiger partial charge in [-0.05, 0) is 16.5 Å². The first-order chi connectivity index (χ1) is 6.99. The molecule has 1 aromatic carbocycles. The van der Waals surface area contributed by atoms with E-state index in [2.05, 4.69) is 20.8 Å². The van der Waals surface area contributed by atoms with Crippen molar-refractivity contribution >= 4 is 11.9 Å². The molecular weight excluding hydrogens is 188 g/mol. The molecule has 1 aromatic rings. The van der Waals surface area contributed by atoms with Gasteiger partial charge in [-0.2, -0.15) is 0 Å². The van der Waals surface area contributed by atoms with Gasteiger partial charge in [0.05, 0.1) is 11.8 Å². The molecule has 0 aliphatic heterocycles. The van der Waals surface area contributed by atoms with Crippen LogP contribution in [0.4, 0.5) is 0 Å². The normalized spacial score (nSPS) is 12.6. The Balaban J connectivity index is 3.05. The molecule has 0 aromatic heterocycles. The fraction of sp³-hybridized carbons (Fsp3) is 0.308. The third kappa shape index (κ3) is 2.69. The van der Waals surface area contributed by atoms with Crippen LogP contribution in [0.5, 0.6) is 0 Å². The van der Waals surface area contributed by atoms with Crippen molar-refractivity contribution in [2.75, 3.05) is 0 Å². The zero-order valence-electron chi connectivity index (χ0n) is 9.32. The highest BCUT2D eigenvalue weighted by Crippen LogP contribution is 2.23. The number of aldehydes is 1. The van der Waals surface area contributed by atoms with Crippen LogP contribution in [0.1, 0.15) is 31.9 Å². The predicted octanol–water partition coefficient (Wildman–Crippen LogP) is 3.08. The monoisotopic (exact) mass is 204 g/mol. The Kier molecular flexibility index (Phi) is 3.30. The molecule has 0 aliphatic carbocycles. The molecule has 1 N–H and O–H groups in total. The zero-order valence-corrected chi connectivity index (χ0v) is 9.32. The van der Waals surface area contributed by atoms with Gasteiger partial charge in [0.25, 0.3) is 0 Å². The van der Waals surface area contributed by atoms with Gasteiger partial charge in [-0.1, -0.05) is 45.0 Å². The van der Waals surface area contributed by atoms with Crippen LogP contribution in [-0.2, 0) is 10.2 Å². The van der Waals surface area contributed by atoms with E-state index >= 15 is 0 Å². The predicted molar refractivity (Wildman–Crippen MR) is 61.8 cm³/mol. The average molecular weight is 204 g/mol.